The van der Waals surface area contributed by atoms with Crippen molar-refractivity contribution in [3.63, 3.8) is 0 Å². The van der Waals surface area contributed by atoms with E-state index in [1.54, 1.807) is 18.4 Å². The molecular weight excluding hydrogens is 375 g/mol. The second-order valence-electron chi connectivity index (χ2n) is 3.88. The molecule has 1 N–H and O–H groups in total. The molecule has 0 radical (unpaired) electrons. The van der Waals surface area contributed by atoms with E-state index in [9.17, 15) is 0 Å². The Labute approximate surface area is 136 Å². The lowest BCUT2D eigenvalue weighted by Gasteiger charge is -2.21. The van der Waals surface area contributed by atoms with Gasteiger partial charge in [-0.25, -0.2) is 4.98 Å². The van der Waals surface area contributed by atoms with E-state index in [1.807, 2.05) is 20.9 Å². The standard InChI is InChI=1S/C12H22N4OS.HI/c1-5-17-7-6-14-12(13-3)16(4)8-11-9-18-10(2)15-11;/h9H,5-8H2,1-4H3,(H,13,14);1H. The molecule has 5 nitrogen and oxygen atoms in total. The van der Waals surface area contributed by atoms with Crippen LogP contribution in [-0.4, -0.2) is 49.7 Å². The number of thiazole rings is 1. The molecule has 1 aromatic rings. The first kappa shape index (κ1) is 18.6. The SMILES string of the molecule is CCOCCNC(=NC)N(C)Cc1csc(C)n1.I. The lowest BCUT2D eigenvalue weighted by Crippen LogP contribution is -2.40. The number of ether oxygens (including phenoxy) is 1. The summed E-state index contributed by atoms with van der Waals surface area (Å²) in [5.74, 6) is 0.861. The van der Waals surface area contributed by atoms with E-state index in [0.717, 1.165) is 36.4 Å². The number of rotatable bonds is 6. The van der Waals surface area contributed by atoms with Crippen molar-refractivity contribution in [1.29, 1.82) is 0 Å². The first-order chi connectivity index (χ1) is 8.67. The average Bonchev–Trinajstić information content (AvgIpc) is 2.75. The summed E-state index contributed by atoms with van der Waals surface area (Å²) in [4.78, 5) is 10.7. The lowest BCUT2D eigenvalue weighted by molar-refractivity contribution is 0.152. The number of halogens is 1. The Balaban J connectivity index is 0.00000324. The quantitative estimate of drug-likeness (QED) is 0.345. The van der Waals surface area contributed by atoms with Crippen molar-refractivity contribution in [2.45, 2.75) is 20.4 Å². The molecule has 1 rings (SSSR count). The summed E-state index contributed by atoms with van der Waals surface area (Å²) in [6, 6.07) is 0. The molecule has 0 aliphatic heterocycles. The summed E-state index contributed by atoms with van der Waals surface area (Å²) in [5.41, 5.74) is 1.08. The molecule has 7 heteroatoms. The highest BCUT2D eigenvalue weighted by Gasteiger charge is 2.07. The first-order valence-electron chi connectivity index (χ1n) is 6.08. The van der Waals surface area contributed by atoms with Gasteiger partial charge in [-0.2, -0.15) is 0 Å². The van der Waals surface area contributed by atoms with E-state index in [-0.39, 0.29) is 24.0 Å². The van der Waals surface area contributed by atoms with Gasteiger partial charge in [-0.1, -0.05) is 0 Å². The van der Waals surface area contributed by atoms with Gasteiger partial charge < -0.3 is 15.0 Å². The van der Waals surface area contributed by atoms with Crippen molar-refractivity contribution in [1.82, 2.24) is 15.2 Å². The van der Waals surface area contributed by atoms with Crippen LogP contribution in [-0.2, 0) is 11.3 Å². The topological polar surface area (TPSA) is 49.8 Å². The normalized spacial score (nSPS) is 11.1. The Kier molecular flexibility index (Phi) is 10.2. The van der Waals surface area contributed by atoms with Crippen LogP contribution in [0, 0.1) is 6.92 Å². The van der Waals surface area contributed by atoms with Crippen LogP contribution in [0.4, 0.5) is 0 Å². The highest BCUT2D eigenvalue weighted by atomic mass is 127. The van der Waals surface area contributed by atoms with Crippen molar-refractivity contribution in [3.8, 4) is 0 Å². The van der Waals surface area contributed by atoms with Gasteiger partial charge in [0.1, 0.15) is 0 Å². The van der Waals surface area contributed by atoms with E-state index in [4.69, 9.17) is 4.74 Å². The summed E-state index contributed by atoms with van der Waals surface area (Å²) in [7, 11) is 3.79. The maximum Gasteiger partial charge on any atom is 0.193 e. The number of nitrogens with zero attached hydrogens (tertiary/aromatic N) is 3. The van der Waals surface area contributed by atoms with Gasteiger partial charge in [-0.05, 0) is 13.8 Å². The van der Waals surface area contributed by atoms with Gasteiger partial charge >= 0.3 is 0 Å². The van der Waals surface area contributed by atoms with Crippen LogP contribution < -0.4 is 5.32 Å². The number of aryl methyl sites for hydroxylation is 1. The van der Waals surface area contributed by atoms with Gasteiger partial charge in [0.15, 0.2) is 5.96 Å². The van der Waals surface area contributed by atoms with E-state index in [2.05, 4.69) is 25.6 Å². The fourth-order valence-electron chi connectivity index (χ4n) is 1.56. The Morgan fingerprint density at radius 3 is 2.84 bits per heavy atom. The van der Waals surface area contributed by atoms with Gasteiger partial charge in [-0.15, -0.1) is 35.3 Å². The Hall–Kier alpha value is -0.410. The number of hydrogen-bond donors (Lipinski definition) is 1. The van der Waals surface area contributed by atoms with Crippen LogP contribution in [0.5, 0.6) is 0 Å². The maximum absolute atomic E-state index is 5.28. The van der Waals surface area contributed by atoms with Gasteiger partial charge in [0.05, 0.1) is 23.9 Å². The monoisotopic (exact) mass is 398 g/mol. The molecule has 0 amide bonds. The summed E-state index contributed by atoms with van der Waals surface area (Å²) >= 11 is 1.67. The fraction of sp³-hybridized carbons (Fsp3) is 0.667. The molecule has 0 aliphatic carbocycles. The fourth-order valence-corrected chi connectivity index (χ4v) is 2.17. The molecule has 0 saturated carbocycles. The molecule has 0 fully saturated rings. The minimum atomic E-state index is 0. The summed E-state index contributed by atoms with van der Waals surface area (Å²) in [6.45, 7) is 6.97. The van der Waals surface area contributed by atoms with Crippen molar-refractivity contribution < 1.29 is 4.74 Å². The van der Waals surface area contributed by atoms with E-state index in [0.29, 0.717) is 6.61 Å². The molecule has 0 atom stereocenters. The molecule has 1 aromatic heterocycles. The number of hydrogen-bond acceptors (Lipinski definition) is 4. The van der Waals surface area contributed by atoms with E-state index >= 15 is 0 Å². The third-order valence-corrected chi connectivity index (χ3v) is 3.20. The number of aliphatic imine (C=N–C) groups is 1. The minimum absolute atomic E-state index is 0. The van der Waals surface area contributed by atoms with Crippen LogP contribution in [0.25, 0.3) is 0 Å². The molecule has 0 aromatic carbocycles. The molecule has 0 unspecified atom stereocenters. The van der Waals surface area contributed by atoms with Crippen LogP contribution in [0.2, 0.25) is 0 Å². The average molecular weight is 398 g/mol. The zero-order valence-electron chi connectivity index (χ0n) is 12.0. The zero-order chi connectivity index (χ0) is 13.4. The molecule has 0 saturated heterocycles. The highest BCUT2D eigenvalue weighted by Crippen LogP contribution is 2.09. The molecule has 0 aliphatic rings. The predicted octanol–water partition coefficient (Wildman–Crippen LogP) is 2.11. The largest absolute Gasteiger partial charge is 0.380 e. The van der Waals surface area contributed by atoms with Crippen molar-refractivity contribution in [2.24, 2.45) is 4.99 Å². The molecule has 0 bridgehead atoms. The van der Waals surface area contributed by atoms with Crippen LogP contribution >= 0.6 is 35.3 Å². The highest BCUT2D eigenvalue weighted by molar-refractivity contribution is 14.0. The second-order valence-corrected chi connectivity index (χ2v) is 4.95. The van der Waals surface area contributed by atoms with Crippen molar-refractivity contribution >= 4 is 41.3 Å². The van der Waals surface area contributed by atoms with Gasteiger partial charge in [0.25, 0.3) is 0 Å². The van der Waals surface area contributed by atoms with Crippen LogP contribution in [0.1, 0.15) is 17.6 Å². The molecule has 110 valence electrons. The van der Waals surface area contributed by atoms with Gasteiger partial charge in [-0.3, -0.25) is 4.99 Å². The summed E-state index contributed by atoms with van der Waals surface area (Å²) in [5, 5.41) is 6.44. The summed E-state index contributed by atoms with van der Waals surface area (Å²) < 4.78 is 5.28. The van der Waals surface area contributed by atoms with Crippen molar-refractivity contribution in [2.75, 3.05) is 33.9 Å². The van der Waals surface area contributed by atoms with Gasteiger partial charge in [0.2, 0.25) is 0 Å². The van der Waals surface area contributed by atoms with Gasteiger partial charge in [0, 0.05) is 32.6 Å². The third kappa shape index (κ3) is 7.07. The lowest BCUT2D eigenvalue weighted by atomic mass is 10.4. The number of nitrogens with one attached hydrogen (secondary N) is 1. The number of aromatic nitrogens is 1. The predicted molar refractivity (Wildman–Crippen MR) is 91.6 cm³/mol. The Morgan fingerprint density at radius 1 is 1.58 bits per heavy atom. The van der Waals surface area contributed by atoms with Crippen molar-refractivity contribution in [3.05, 3.63) is 16.1 Å². The smallest absolute Gasteiger partial charge is 0.193 e. The molecule has 1 heterocycles. The van der Waals surface area contributed by atoms with E-state index < -0.39 is 0 Å². The van der Waals surface area contributed by atoms with Crippen LogP contribution in [0.15, 0.2) is 10.4 Å². The zero-order valence-corrected chi connectivity index (χ0v) is 15.1. The molecule has 0 spiro atoms. The minimum Gasteiger partial charge on any atom is -0.380 e. The Morgan fingerprint density at radius 2 is 2.32 bits per heavy atom. The van der Waals surface area contributed by atoms with Crippen LogP contribution in [0.3, 0.4) is 0 Å². The maximum atomic E-state index is 5.28. The number of guanidine groups is 1. The molecular formula is C12H23IN4OS. The molecule has 19 heavy (non-hydrogen) atoms. The second kappa shape index (κ2) is 10.4. The third-order valence-electron chi connectivity index (χ3n) is 2.37. The first-order valence-corrected chi connectivity index (χ1v) is 6.95. The Bertz CT molecular complexity index is 384. The summed E-state index contributed by atoms with van der Waals surface area (Å²) in [6.07, 6.45) is 0. The van der Waals surface area contributed by atoms with E-state index in [1.165, 1.54) is 0 Å².